The van der Waals surface area contributed by atoms with E-state index in [0.29, 0.717) is 5.69 Å². The maximum Gasteiger partial charge on any atom is 0.339 e. The molecule has 0 amide bonds. The summed E-state index contributed by atoms with van der Waals surface area (Å²) < 4.78 is 4.88. The Balaban J connectivity index is 2.82. The quantitative estimate of drug-likeness (QED) is 0.641. The maximum atomic E-state index is 10.9. The van der Waals surface area contributed by atoms with Crippen molar-refractivity contribution in [1.29, 1.82) is 0 Å². The van der Waals surface area contributed by atoms with E-state index in [4.69, 9.17) is 14.9 Å². The Hall–Kier alpha value is -1.66. The molecule has 0 aliphatic heterocycles. The summed E-state index contributed by atoms with van der Waals surface area (Å²) in [6.07, 6.45) is 2.74. The van der Waals surface area contributed by atoms with Crippen LogP contribution in [-0.2, 0) is 4.74 Å². The smallest absolute Gasteiger partial charge is 0.339 e. The normalized spacial score (nSPS) is 12.1. The predicted octanol–water partition coefficient (Wildman–Crippen LogP) is 0.199. The second kappa shape index (κ2) is 6.04. The van der Waals surface area contributed by atoms with Gasteiger partial charge in [0, 0.05) is 19.5 Å². The van der Waals surface area contributed by atoms with Crippen molar-refractivity contribution in [3.8, 4) is 0 Å². The van der Waals surface area contributed by atoms with Gasteiger partial charge in [-0.15, -0.1) is 0 Å². The lowest BCUT2D eigenvalue weighted by molar-refractivity contribution is 0.0697. The first-order chi connectivity index (χ1) is 7.69. The van der Waals surface area contributed by atoms with Gasteiger partial charge in [-0.05, 0) is 6.07 Å². The minimum atomic E-state index is -1.07. The predicted molar refractivity (Wildman–Crippen MR) is 57.6 cm³/mol. The molecule has 0 aromatic carbocycles. The number of rotatable bonds is 6. The third kappa shape index (κ3) is 3.18. The average Bonchev–Trinajstić information content (AvgIpc) is 2.29. The molecule has 0 spiro atoms. The van der Waals surface area contributed by atoms with Crippen LogP contribution in [-0.4, -0.2) is 47.5 Å². The number of hydrogen-bond acceptors (Lipinski definition) is 5. The van der Waals surface area contributed by atoms with Crippen LogP contribution in [0.3, 0.4) is 0 Å². The lowest BCUT2D eigenvalue weighted by atomic mass is 10.2. The zero-order valence-electron chi connectivity index (χ0n) is 8.88. The number of carboxylic acid groups (broad SMARTS) is 1. The Morgan fingerprint density at radius 2 is 2.44 bits per heavy atom. The number of anilines is 1. The molecule has 0 radical (unpaired) electrons. The van der Waals surface area contributed by atoms with Crippen molar-refractivity contribution in [3.63, 3.8) is 0 Å². The van der Waals surface area contributed by atoms with Crippen LogP contribution in [0.2, 0.25) is 0 Å². The van der Waals surface area contributed by atoms with E-state index < -0.39 is 5.97 Å². The van der Waals surface area contributed by atoms with Crippen LogP contribution in [0.4, 0.5) is 5.69 Å². The Morgan fingerprint density at radius 3 is 3.00 bits per heavy atom. The molecule has 16 heavy (non-hydrogen) atoms. The number of carbonyl (C=O) groups is 1. The van der Waals surface area contributed by atoms with Gasteiger partial charge in [0.25, 0.3) is 0 Å². The van der Waals surface area contributed by atoms with E-state index >= 15 is 0 Å². The average molecular weight is 226 g/mol. The molecule has 1 atom stereocenters. The number of nitrogens with one attached hydrogen (secondary N) is 1. The lowest BCUT2D eigenvalue weighted by Gasteiger charge is -2.17. The van der Waals surface area contributed by atoms with E-state index in [-0.39, 0.29) is 24.8 Å². The molecule has 3 N–H and O–H groups in total. The molecular formula is C10H14N2O4. The molecule has 6 heteroatoms. The number of methoxy groups -OCH3 is 1. The fourth-order valence-corrected chi connectivity index (χ4v) is 1.25. The van der Waals surface area contributed by atoms with Crippen LogP contribution >= 0.6 is 0 Å². The summed E-state index contributed by atoms with van der Waals surface area (Å²) in [6.45, 7) is 0.146. The highest BCUT2D eigenvalue weighted by Gasteiger charge is 2.13. The van der Waals surface area contributed by atoms with Gasteiger partial charge in [-0.25, -0.2) is 4.79 Å². The number of pyridine rings is 1. The molecule has 1 heterocycles. The number of aromatic nitrogens is 1. The van der Waals surface area contributed by atoms with Crippen molar-refractivity contribution in [2.24, 2.45) is 0 Å². The van der Waals surface area contributed by atoms with Gasteiger partial charge in [-0.1, -0.05) is 0 Å². The maximum absolute atomic E-state index is 10.9. The van der Waals surface area contributed by atoms with E-state index in [0.717, 1.165) is 0 Å². The van der Waals surface area contributed by atoms with Crippen LogP contribution in [0.15, 0.2) is 18.5 Å². The van der Waals surface area contributed by atoms with Gasteiger partial charge in [0.1, 0.15) is 5.56 Å². The first-order valence-electron chi connectivity index (χ1n) is 4.72. The van der Waals surface area contributed by atoms with E-state index in [1.807, 2.05) is 0 Å². The van der Waals surface area contributed by atoms with Gasteiger partial charge in [-0.3, -0.25) is 4.98 Å². The number of hydrogen-bond donors (Lipinski definition) is 3. The molecule has 0 bridgehead atoms. The number of ether oxygens (including phenoxy) is 1. The van der Waals surface area contributed by atoms with Crippen molar-refractivity contribution in [2.45, 2.75) is 6.04 Å². The van der Waals surface area contributed by atoms with E-state index in [9.17, 15) is 4.79 Å². The standard InChI is InChI=1S/C10H14N2O4/c1-16-6-7(5-13)12-9-2-3-11-4-8(9)10(14)15/h2-4,7,13H,5-6H2,1H3,(H,11,12)(H,14,15). The lowest BCUT2D eigenvalue weighted by Crippen LogP contribution is -2.29. The van der Waals surface area contributed by atoms with Crippen LogP contribution in [0.5, 0.6) is 0 Å². The molecule has 0 aliphatic carbocycles. The molecule has 1 aromatic heterocycles. The zero-order valence-corrected chi connectivity index (χ0v) is 8.88. The third-order valence-electron chi connectivity index (χ3n) is 2.00. The topological polar surface area (TPSA) is 91.7 Å². The van der Waals surface area contributed by atoms with Gasteiger partial charge >= 0.3 is 5.97 Å². The van der Waals surface area contributed by atoms with E-state index in [2.05, 4.69) is 10.3 Å². The molecule has 88 valence electrons. The van der Waals surface area contributed by atoms with Crippen molar-refractivity contribution >= 4 is 11.7 Å². The van der Waals surface area contributed by atoms with Crippen LogP contribution < -0.4 is 5.32 Å². The monoisotopic (exact) mass is 226 g/mol. The molecular weight excluding hydrogens is 212 g/mol. The first-order valence-corrected chi connectivity index (χ1v) is 4.72. The van der Waals surface area contributed by atoms with Crippen LogP contribution in [0.25, 0.3) is 0 Å². The molecule has 6 nitrogen and oxygen atoms in total. The molecule has 0 aliphatic rings. The van der Waals surface area contributed by atoms with Crippen molar-refractivity contribution in [2.75, 3.05) is 25.6 Å². The second-order valence-electron chi connectivity index (χ2n) is 3.21. The number of aliphatic hydroxyl groups excluding tert-OH is 1. The number of carboxylic acids is 1. The SMILES string of the molecule is COCC(CO)Nc1ccncc1C(=O)O. The molecule has 0 saturated carbocycles. The molecule has 1 rings (SSSR count). The molecule has 1 aromatic rings. The molecule has 1 unspecified atom stereocenters. The van der Waals surface area contributed by atoms with Crippen molar-refractivity contribution in [3.05, 3.63) is 24.0 Å². The van der Waals surface area contributed by atoms with E-state index in [1.165, 1.54) is 19.5 Å². The molecule has 0 fully saturated rings. The highest BCUT2D eigenvalue weighted by atomic mass is 16.5. The second-order valence-corrected chi connectivity index (χ2v) is 3.21. The zero-order chi connectivity index (χ0) is 12.0. The Bertz CT molecular complexity index is 356. The first kappa shape index (κ1) is 12.4. The minimum absolute atomic E-state index is 0.0667. The highest BCUT2D eigenvalue weighted by molar-refractivity contribution is 5.93. The van der Waals surface area contributed by atoms with Crippen molar-refractivity contribution in [1.82, 2.24) is 4.98 Å². The summed E-state index contributed by atoms with van der Waals surface area (Å²) in [5, 5.41) is 20.8. The summed E-state index contributed by atoms with van der Waals surface area (Å²) in [4.78, 5) is 14.6. The number of aliphatic hydroxyl groups is 1. The van der Waals surface area contributed by atoms with Gasteiger partial charge in [0.15, 0.2) is 0 Å². The number of aromatic carboxylic acids is 1. The van der Waals surface area contributed by atoms with Gasteiger partial charge in [0.05, 0.1) is 24.9 Å². The summed E-state index contributed by atoms with van der Waals surface area (Å²) in [7, 11) is 1.51. The number of nitrogens with zero attached hydrogens (tertiary/aromatic N) is 1. The largest absolute Gasteiger partial charge is 0.478 e. The summed E-state index contributed by atoms with van der Waals surface area (Å²) in [6, 6.07) is 1.20. The van der Waals surface area contributed by atoms with Gasteiger partial charge < -0.3 is 20.3 Å². The van der Waals surface area contributed by atoms with Crippen molar-refractivity contribution < 1.29 is 19.7 Å². The Labute approximate surface area is 92.9 Å². The molecule has 0 saturated heterocycles. The minimum Gasteiger partial charge on any atom is -0.478 e. The van der Waals surface area contributed by atoms with E-state index in [1.54, 1.807) is 6.07 Å². The fourth-order valence-electron chi connectivity index (χ4n) is 1.25. The van der Waals surface area contributed by atoms with Gasteiger partial charge in [0.2, 0.25) is 0 Å². The highest BCUT2D eigenvalue weighted by Crippen LogP contribution is 2.14. The summed E-state index contributed by atoms with van der Waals surface area (Å²) in [5.74, 6) is -1.07. The Kier molecular flexibility index (Phi) is 4.68. The van der Waals surface area contributed by atoms with Crippen LogP contribution in [0, 0.1) is 0 Å². The van der Waals surface area contributed by atoms with Gasteiger partial charge in [-0.2, -0.15) is 0 Å². The fraction of sp³-hybridized carbons (Fsp3) is 0.400. The summed E-state index contributed by atoms with van der Waals surface area (Å²) >= 11 is 0. The van der Waals surface area contributed by atoms with Crippen LogP contribution in [0.1, 0.15) is 10.4 Å². The summed E-state index contributed by atoms with van der Waals surface area (Å²) in [5.41, 5.74) is 0.482. The Morgan fingerprint density at radius 1 is 1.69 bits per heavy atom. The third-order valence-corrected chi connectivity index (χ3v) is 2.00.